The number of rotatable bonds is 5. The largest absolute Gasteiger partial charge is 0.454 e. The molecule has 1 atom stereocenters. The SMILES string of the molecule is C[NH+](CC(=O)Nc1ccc(F)c(Cl)c1)Cc1ccc2c(c1)OCO2. The van der Waals surface area contributed by atoms with E-state index in [2.05, 4.69) is 5.32 Å². The molecule has 2 aromatic carbocycles. The maximum atomic E-state index is 13.1. The van der Waals surface area contributed by atoms with Crippen LogP contribution < -0.4 is 19.7 Å². The minimum Gasteiger partial charge on any atom is -0.454 e. The van der Waals surface area contributed by atoms with Crippen LogP contribution in [0.4, 0.5) is 10.1 Å². The molecule has 0 aliphatic carbocycles. The summed E-state index contributed by atoms with van der Waals surface area (Å²) >= 11 is 5.70. The molecule has 2 N–H and O–H groups in total. The third-order valence-electron chi connectivity index (χ3n) is 3.61. The maximum absolute atomic E-state index is 13.1. The summed E-state index contributed by atoms with van der Waals surface area (Å²) in [6.45, 7) is 1.17. The van der Waals surface area contributed by atoms with Crippen molar-refractivity contribution in [1.29, 1.82) is 0 Å². The first-order valence-corrected chi connectivity index (χ1v) is 7.84. The van der Waals surface area contributed by atoms with Crippen LogP contribution in [0.2, 0.25) is 5.02 Å². The Bertz CT molecular complexity index is 769. The Morgan fingerprint density at radius 3 is 2.83 bits per heavy atom. The zero-order chi connectivity index (χ0) is 17.1. The number of amides is 1. The predicted octanol–water partition coefficient (Wildman–Crippen LogP) is 1.86. The molecule has 5 nitrogen and oxygen atoms in total. The van der Waals surface area contributed by atoms with Crippen molar-refractivity contribution in [3.05, 3.63) is 52.8 Å². The van der Waals surface area contributed by atoms with E-state index in [1.165, 1.54) is 18.2 Å². The van der Waals surface area contributed by atoms with E-state index in [1.54, 1.807) is 0 Å². The van der Waals surface area contributed by atoms with Crippen LogP contribution >= 0.6 is 11.6 Å². The third-order valence-corrected chi connectivity index (χ3v) is 3.90. The summed E-state index contributed by atoms with van der Waals surface area (Å²) in [6, 6.07) is 9.83. The average Bonchev–Trinajstić information content (AvgIpc) is 2.98. The number of halogens is 2. The second-order valence-electron chi connectivity index (χ2n) is 5.68. The number of carbonyl (C=O) groups excluding carboxylic acids is 1. The molecular formula is C17H17ClFN2O3+. The lowest BCUT2D eigenvalue weighted by Gasteiger charge is -2.14. The van der Waals surface area contributed by atoms with E-state index < -0.39 is 5.82 Å². The maximum Gasteiger partial charge on any atom is 0.279 e. The highest BCUT2D eigenvalue weighted by atomic mass is 35.5. The number of nitrogens with one attached hydrogen (secondary N) is 2. The number of carbonyl (C=O) groups is 1. The summed E-state index contributed by atoms with van der Waals surface area (Å²) in [6.07, 6.45) is 0. The molecule has 7 heteroatoms. The van der Waals surface area contributed by atoms with Crippen LogP contribution in [0.3, 0.4) is 0 Å². The summed E-state index contributed by atoms with van der Waals surface area (Å²) in [4.78, 5) is 13.1. The van der Waals surface area contributed by atoms with Crippen LogP contribution in [0.5, 0.6) is 11.5 Å². The van der Waals surface area contributed by atoms with Crippen LogP contribution in [0.1, 0.15) is 5.56 Å². The molecule has 24 heavy (non-hydrogen) atoms. The highest BCUT2D eigenvalue weighted by Gasteiger charge is 2.16. The molecule has 126 valence electrons. The van der Waals surface area contributed by atoms with Crippen molar-refractivity contribution in [2.75, 3.05) is 25.7 Å². The van der Waals surface area contributed by atoms with Gasteiger partial charge in [0, 0.05) is 11.3 Å². The molecule has 1 aliphatic rings. The van der Waals surface area contributed by atoms with Crippen molar-refractivity contribution in [1.82, 2.24) is 0 Å². The average molecular weight is 352 g/mol. The molecule has 0 bridgehead atoms. The van der Waals surface area contributed by atoms with Gasteiger partial charge in [-0.15, -0.1) is 0 Å². The van der Waals surface area contributed by atoms with Crippen molar-refractivity contribution < 1.29 is 23.6 Å². The van der Waals surface area contributed by atoms with E-state index in [1.807, 2.05) is 25.2 Å². The molecule has 0 saturated heterocycles. The quantitative estimate of drug-likeness (QED) is 0.864. The van der Waals surface area contributed by atoms with Gasteiger partial charge >= 0.3 is 0 Å². The number of fused-ring (bicyclic) bond motifs is 1. The van der Waals surface area contributed by atoms with Crippen molar-refractivity contribution >= 4 is 23.2 Å². The predicted molar refractivity (Wildman–Crippen MR) is 88.1 cm³/mol. The van der Waals surface area contributed by atoms with Gasteiger partial charge in [0.25, 0.3) is 5.91 Å². The fourth-order valence-corrected chi connectivity index (χ4v) is 2.70. The van der Waals surface area contributed by atoms with E-state index in [0.717, 1.165) is 22.0 Å². The Morgan fingerprint density at radius 1 is 1.25 bits per heavy atom. The Morgan fingerprint density at radius 2 is 2.04 bits per heavy atom. The highest BCUT2D eigenvalue weighted by Crippen LogP contribution is 2.32. The molecule has 0 fully saturated rings. The lowest BCUT2D eigenvalue weighted by molar-refractivity contribution is -0.885. The molecule has 1 heterocycles. The lowest BCUT2D eigenvalue weighted by atomic mass is 10.2. The minimum absolute atomic E-state index is 0.0196. The number of ether oxygens (including phenoxy) is 2. The number of hydrogen-bond donors (Lipinski definition) is 2. The monoisotopic (exact) mass is 351 g/mol. The summed E-state index contributed by atoms with van der Waals surface area (Å²) in [7, 11) is 1.92. The molecule has 3 rings (SSSR count). The summed E-state index contributed by atoms with van der Waals surface area (Å²) in [5, 5.41) is 2.69. The second-order valence-corrected chi connectivity index (χ2v) is 6.08. The van der Waals surface area contributed by atoms with Gasteiger partial charge in [-0.25, -0.2) is 4.39 Å². The van der Waals surface area contributed by atoms with Gasteiger partial charge in [0.15, 0.2) is 18.0 Å². The van der Waals surface area contributed by atoms with Gasteiger partial charge in [-0.3, -0.25) is 4.79 Å². The van der Waals surface area contributed by atoms with Crippen LogP contribution in [0.25, 0.3) is 0 Å². The normalized spacial score (nSPS) is 13.6. The standard InChI is InChI=1S/C17H16ClFN2O3/c1-21(8-11-2-5-15-16(6-11)24-10-23-15)9-17(22)20-12-3-4-14(19)13(18)7-12/h2-7H,8-10H2,1H3,(H,20,22)/p+1. The first-order chi connectivity index (χ1) is 11.5. The highest BCUT2D eigenvalue weighted by molar-refractivity contribution is 6.31. The molecule has 2 aromatic rings. The van der Waals surface area contributed by atoms with E-state index in [9.17, 15) is 9.18 Å². The van der Waals surface area contributed by atoms with Gasteiger partial charge in [-0.05, 0) is 36.4 Å². The van der Waals surface area contributed by atoms with Crippen molar-refractivity contribution in [3.63, 3.8) is 0 Å². The fourth-order valence-electron chi connectivity index (χ4n) is 2.52. The first-order valence-electron chi connectivity index (χ1n) is 7.46. The molecule has 0 saturated carbocycles. The van der Waals surface area contributed by atoms with Crippen molar-refractivity contribution in [2.45, 2.75) is 6.54 Å². The van der Waals surface area contributed by atoms with Gasteiger partial charge in [0.2, 0.25) is 6.79 Å². The van der Waals surface area contributed by atoms with Crippen LogP contribution in [-0.4, -0.2) is 26.3 Å². The molecule has 0 aromatic heterocycles. The van der Waals surface area contributed by atoms with Crippen LogP contribution in [0.15, 0.2) is 36.4 Å². The second kappa shape index (κ2) is 7.07. The first kappa shape index (κ1) is 16.5. The number of anilines is 1. The minimum atomic E-state index is -0.514. The zero-order valence-corrected chi connectivity index (χ0v) is 13.8. The Hall–Kier alpha value is -2.31. The molecule has 0 spiro atoms. The Balaban J connectivity index is 1.55. The molecular weight excluding hydrogens is 335 g/mol. The van der Waals surface area contributed by atoms with Crippen molar-refractivity contribution in [2.24, 2.45) is 0 Å². The summed E-state index contributed by atoms with van der Waals surface area (Å²) < 4.78 is 23.7. The topological polar surface area (TPSA) is 52.0 Å². The van der Waals surface area contributed by atoms with E-state index in [0.29, 0.717) is 12.2 Å². The smallest absolute Gasteiger partial charge is 0.279 e. The van der Waals surface area contributed by atoms with E-state index >= 15 is 0 Å². The molecule has 1 unspecified atom stereocenters. The van der Waals surface area contributed by atoms with Crippen molar-refractivity contribution in [3.8, 4) is 11.5 Å². The Labute approximate surface area is 143 Å². The van der Waals surface area contributed by atoms with Crippen LogP contribution in [0, 0.1) is 5.82 Å². The van der Waals surface area contributed by atoms with Gasteiger partial charge in [0.1, 0.15) is 12.4 Å². The van der Waals surface area contributed by atoms with Gasteiger partial charge in [-0.2, -0.15) is 0 Å². The van der Waals surface area contributed by atoms with E-state index in [-0.39, 0.29) is 24.3 Å². The fraction of sp³-hybridized carbons (Fsp3) is 0.235. The van der Waals surface area contributed by atoms with Crippen LogP contribution in [-0.2, 0) is 11.3 Å². The summed E-state index contributed by atoms with van der Waals surface area (Å²) in [5.74, 6) is 0.782. The Kier molecular flexibility index (Phi) is 4.87. The lowest BCUT2D eigenvalue weighted by Crippen LogP contribution is -3.08. The van der Waals surface area contributed by atoms with Gasteiger partial charge < -0.3 is 19.7 Å². The number of benzene rings is 2. The molecule has 0 radical (unpaired) electrons. The van der Waals surface area contributed by atoms with E-state index in [4.69, 9.17) is 21.1 Å². The molecule has 1 amide bonds. The number of hydrogen-bond acceptors (Lipinski definition) is 3. The summed E-state index contributed by atoms with van der Waals surface area (Å²) in [5.41, 5.74) is 1.52. The zero-order valence-electron chi connectivity index (χ0n) is 13.1. The molecule has 1 aliphatic heterocycles. The van der Waals surface area contributed by atoms with Gasteiger partial charge in [0.05, 0.1) is 12.1 Å². The third kappa shape index (κ3) is 3.96. The van der Waals surface area contributed by atoms with Gasteiger partial charge in [-0.1, -0.05) is 11.6 Å². The number of likely N-dealkylation sites (N-methyl/N-ethyl adjacent to an activating group) is 1. The number of quaternary nitrogens is 1.